The molecule has 62 valence electrons. The van der Waals surface area contributed by atoms with E-state index in [1.54, 1.807) is 0 Å². The molecular formula is C10H10ClN. The Labute approximate surface area is 76.8 Å². The molecule has 0 radical (unpaired) electrons. The van der Waals surface area contributed by atoms with Gasteiger partial charge in [0.2, 0.25) is 0 Å². The summed E-state index contributed by atoms with van der Waals surface area (Å²) in [6.45, 7) is 0. The lowest BCUT2D eigenvalue weighted by atomic mass is 9.94. The zero-order valence-corrected chi connectivity index (χ0v) is 7.51. The summed E-state index contributed by atoms with van der Waals surface area (Å²) in [4.78, 5) is 4.13. The molecule has 12 heavy (non-hydrogen) atoms. The number of fused-ring (bicyclic) bond motifs is 5. The van der Waals surface area contributed by atoms with Crippen LogP contribution in [0.3, 0.4) is 0 Å². The van der Waals surface area contributed by atoms with Crippen LogP contribution in [0.5, 0.6) is 0 Å². The Bertz CT molecular complexity index is 335. The molecular weight excluding hydrogens is 170 g/mol. The Hall–Kier alpha value is -0.560. The summed E-state index contributed by atoms with van der Waals surface area (Å²) in [7, 11) is 0. The van der Waals surface area contributed by atoms with Gasteiger partial charge in [0.25, 0.3) is 0 Å². The second-order valence-electron chi connectivity index (χ2n) is 3.84. The Morgan fingerprint density at radius 1 is 1.25 bits per heavy atom. The molecule has 0 amide bonds. The first-order valence-electron chi connectivity index (χ1n) is 4.50. The molecule has 2 atom stereocenters. The van der Waals surface area contributed by atoms with Gasteiger partial charge in [0.05, 0.1) is 0 Å². The van der Waals surface area contributed by atoms with Crippen LogP contribution in [0.1, 0.15) is 42.2 Å². The van der Waals surface area contributed by atoms with Crippen molar-refractivity contribution in [2.24, 2.45) is 0 Å². The van der Waals surface area contributed by atoms with Gasteiger partial charge in [0.15, 0.2) is 0 Å². The summed E-state index contributed by atoms with van der Waals surface area (Å²) < 4.78 is 0. The van der Waals surface area contributed by atoms with E-state index in [0.717, 1.165) is 11.8 Å². The third-order valence-corrected chi connectivity index (χ3v) is 3.45. The fraction of sp³-hybridized carbons (Fsp3) is 0.500. The summed E-state index contributed by atoms with van der Waals surface area (Å²) in [5.41, 5.74) is 2.95. The minimum absolute atomic E-state index is 0.654. The first-order chi connectivity index (χ1) is 5.84. The molecule has 0 aromatic carbocycles. The molecule has 2 aliphatic rings. The zero-order valence-electron chi connectivity index (χ0n) is 6.76. The van der Waals surface area contributed by atoms with Crippen LogP contribution < -0.4 is 0 Å². The maximum atomic E-state index is 5.85. The van der Waals surface area contributed by atoms with E-state index >= 15 is 0 Å². The highest BCUT2D eigenvalue weighted by Gasteiger charge is 2.36. The van der Waals surface area contributed by atoms with Crippen LogP contribution >= 0.6 is 11.6 Å². The van der Waals surface area contributed by atoms with Gasteiger partial charge in [0, 0.05) is 6.20 Å². The number of halogens is 1. The molecule has 0 aliphatic heterocycles. The van der Waals surface area contributed by atoms with E-state index in [-0.39, 0.29) is 0 Å². The van der Waals surface area contributed by atoms with Crippen LogP contribution in [-0.2, 0) is 0 Å². The zero-order chi connectivity index (χ0) is 8.13. The third kappa shape index (κ3) is 0.776. The van der Waals surface area contributed by atoms with Crippen molar-refractivity contribution in [2.45, 2.75) is 31.1 Å². The quantitative estimate of drug-likeness (QED) is 0.558. The van der Waals surface area contributed by atoms with E-state index in [0.29, 0.717) is 5.15 Å². The van der Waals surface area contributed by atoms with E-state index in [1.807, 2.05) is 6.20 Å². The smallest absolute Gasteiger partial charge is 0.129 e. The van der Waals surface area contributed by atoms with E-state index in [9.17, 15) is 0 Å². The Kier molecular flexibility index (Phi) is 1.28. The second-order valence-corrected chi connectivity index (χ2v) is 4.23. The fourth-order valence-electron chi connectivity index (χ4n) is 2.70. The average Bonchev–Trinajstić information content (AvgIpc) is 2.63. The van der Waals surface area contributed by atoms with Crippen molar-refractivity contribution in [1.82, 2.24) is 4.98 Å². The fourth-order valence-corrected chi connectivity index (χ4v) is 2.86. The molecule has 1 saturated carbocycles. The number of pyridine rings is 1. The molecule has 1 heterocycles. The predicted molar refractivity (Wildman–Crippen MR) is 48.6 cm³/mol. The van der Waals surface area contributed by atoms with Crippen molar-refractivity contribution >= 4 is 11.6 Å². The van der Waals surface area contributed by atoms with Gasteiger partial charge in [-0.3, -0.25) is 0 Å². The normalized spacial score (nSPS) is 30.8. The van der Waals surface area contributed by atoms with Crippen LogP contribution in [0.25, 0.3) is 0 Å². The van der Waals surface area contributed by atoms with Crippen LogP contribution in [0.4, 0.5) is 0 Å². The first-order valence-corrected chi connectivity index (χ1v) is 4.88. The van der Waals surface area contributed by atoms with Crippen molar-refractivity contribution in [3.05, 3.63) is 28.5 Å². The number of hydrogen-bond acceptors (Lipinski definition) is 1. The number of rotatable bonds is 0. The maximum Gasteiger partial charge on any atom is 0.129 e. The van der Waals surface area contributed by atoms with Gasteiger partial charge >= 0.3 is 0 Å². The van der Waals surface area contributed by atoms with Crippen LogP contribution in [0, 0.1) is 0 Å². The number of aromatic nitrogens is 1. The monoisotopic (exact) mass is 179 g/mol. The number of hydrogen-bond donors (Lipinski definition) is 0. The minimum atomic E-state index is 0.654. The molecule has 1 aromatic rings. The molecule has 3 rings (SSSR count). The van der Waals surface area contributed by atoms with E-state index in [4.69, 9.17) is 11.6 Å². The number of nitrogens with zero attached hydrogens (tertiary/aromatic N) is 1. The Morgan fingerprint density at radius 2 is 2.00 bits per heavy atom. The molecule has 2 heteroatoms. The summed E-state index contributed by atoms with van der Waals surface area (Å²) in [5.74, 6) is 1.60. The van der Waals surface area contributed by atoms with E-state index < -0.39 is 0 Å². The van der Waals surface area contributed by atoms with Crippen LogP contribution in [-0.4, -0.2) is 4.98 Å². The molecule has 1 nitrogen and oxygen atoms in total. The summed E-state index contributed by atoms with van der Waals surface area (Å²) in [6, 6.07) is 2.06. The van der Waals surface area contributed by atoms with Crippen molar-refractivity contribution in [3.8, 4) is 0 Å². The van der Waals surface area contributed by atoms with Gasteiger partial charge in [-0.1, -0.05) is 11.6 Å². The van der Waals surface area contributed by atoms with Gasteiger partial charge in [0.1, 0.15) is 5.15 Å². The average molecular weight is 180 g/mol. The Balaban J connectivity index is 2.20. The van der Waals surface area contributed by atoms with Gasteiger partial charge in [-0.2, -0.15) is 0 Å². The molecule has 0 unspecified atom stereocenters. The topological polar surface area (TPSA) is 12.9 Å². The molecule has 2 aliphatic carbocycles. The van der Waals surface area contributed by atoms with Gasteiger partial charge in [-0.25, -0.2) is 4.98 Å². The highest BCUT2D eigenvalue weighted by molar-refractivity contribution is 6.29. The van der Waals surface area contributed by atoms with Crippen LogP contribution in [0.2, 0.25) is 5.15 Å². The highest BCUT2D eigenvalue weighted by atomic mass is 35.5. The van der Waals surface area contributed by atoms with E-state index in [2.05, 4.69) is 11.1 Å². The van der Waals surface area contributed by atoms with Crippen molar-refractivity contribution in [2.75, 3.05) is 0 Å². The molecule has 0 spiro atoms. The van der Waals surface area contributed by atoms with Crippen molar-refractivity contribution < 1.29 is 0 Å². The van der Waals surface area contributed by atoms with Gasteiger partial charge in [-0.05, 0) is 48.3 Å². The van der Waals surface area contributed by atoms with Crippen LogP contribution in [0.15, 0.2) is 12.3 Å². The Morgan fingerprint density at radius 3 is 2.83 bits per heavy atom. The lowest BCUT2D eigenvalue weighted by Gasteiger charge is -2.13. The maximum absolute atomic E-state index is 5.85. The molecule has 2 bridgehead atoms. The third-order valence-electron chi connectivity index (χ3n) is 3.25. The highest BCUT2D eigenvalue weighted by Crippen LogP contribution is 2.52. The first kappa shape index (κ1) is 6.90. The lowest BCUT2D eigenvalue weighted by Crippen LogP contribution is -1.98. The lowest BCUT2D eigenvalue weighted by molar-refractivity contribution is 0.713. The van der Waals surface area contributed by atoms with Crippen molar-refractivity contribution in [1.29, 1.82) is 0 Å². The molecule has 1 fully saturated rings. The SMILES string of the molecule is Clc1cc2c(cn1)[C@@H]1CC[C@H]2C1. The summed E-state index contributed by atoms with van der Waals surface area (Å²) in [6.07, 6.45) is 6.04. The van der Waals surface area contributed by atoms with E-state index in [1.165, 1.54) is 30.4 Å². The molecule has 1 aromatic heterocycles. The summed E-state index contributed by atoms with van der Waals surface area (Å²) in [5, 5.41) is 0.654. The van der Waals surface area contributed by atoms with Crippen molar-refractivity contribution in [3.63, 3.8) is 0 Å². The van der Waals surface area contributed by atoms with Gasteiger partial charge < -0.3 is 0 Å². The largest absolute Gasteiger partial charge is 0.244 e. The predicted octanol–water partition coefficient (Wildman–Crippen LogP) is 3.10. The summed E-state index contributed by atoms with van der Waals surface area (Å²) >= 11 is 5.85. The molecule has 0 saturated heterocycles. The minimum Gasteiger partial charge on any atom is -0.244 e. The second kappa shape index (κ2) is 2.23. The molecule has 0 N–H and O–H groups in total. The van der Waals surface area contributed by atoms with Gasteiger partial charge in [-0.15, -0.1) is 0 Å². The standard InChI is InChI=1S/C10H10ClN/c11-10-4-8-6-1-2-7(3-6)9(8)5-12-10/h4-7H,1-3H2/t6-,7+/m0/s1.